The molecular weight excluding hydrogens is 410 g/mol. The minimum atomic E-state index is -0.389. The number of hydrogen-bond donors (Lipinski definition) is 1. The van der Waals surface area contributed by atoms with Gasteiger partial charge in [0.25, 0.3) is 11.8 Å². The van der Waals surface area contributed by atoms with E-state index in [1.165, 1.54) is 0 Å². The molecule has 2 N–H and O–H groups in total. The van der Waals surface area contributed by atoms with E-state index in [9.17, 15) is 9.59 Å². The molecule has 0 unspecified atom stereocenters. The van der Waals surface area contributed by atoms with E-state index in [2.05, 4.69) is 4.99 Å². The molecule has 0 spiro atoms. The number of fused-ring (bicyclic) bond motifs is 1. The number of amides is 1. The monoisotopic (exact) mass is 425 g/mol. The van der Waals surface area contributed by atoms with Crippen LogP contribution in [0.2, 0.25) is 5.02 Å². The largest absolute Gasteiger partial charge is 0.497 e. The first kappa shape index (κ1) is 19.3. The van der Waals surface area contributed by atoms with Crippen molar-refractivity contribution in [3.05, 3.63) is 69.2 Å². The molecule has 2 aromatic carbocycles. The zero-order valence-electron chi connectivity index (χ0n) is 15.6. The summed E-state index contributed by atoms with van der Waals surface area (Å²) in [4.78, 5) is 29.5. The predicted molar refractivity (Wildman–Crippen MR) is 117 cm³/mol. The summed E-state index contributed by atoms with van der Waals surface area (Å²) in [6.07, 6.45) is 1.72. The number of aromatic nitrogens is 1. The van der Waals surface area contributed by atoms with Crippen LogP contribution in [0.15, 0.2) is 52.4 Å². The van der Waals surface area contributed by atoms with Crippen molar-refractivity contribution >= 4 is 57.3 Å². The summed E-state index contributed by atoms with van der Waals surface area (Å²) in [5, 5.41) is 1.55. The molecule has 0 saturated heterocycles. The number of aliphatic imine (C=N–C) groups is 1. The van der Waals surface area contributed by atoms with Crippen molar-refractivity contribution in [2.45, 2.75) is 6.92 Å². The fraction of sp³-hybridized carbons (Fsp3) is 0.0952. The van der Waals surface area contributed by atoms with Gasteiger partial charge in [0, 0.05) is 27.2 Å². The van der Waals surface area contributed by atoms with Gasteiger partial charge in [-0.3, -0.25) is 14.2 Å². The highest BCUT2D eigenvalue weighted by Crippen LogP contribution is 2.34. The first-order valence-electron chi connectivity index (χ1n) is 8.66. The van der Waals surface area contributed by atoms with Crippen LogP contribution in [0.4, 0.5) is 0 Å². The van der Waals surface area contributed by atoms with Gasteiger partial charge in [-0.05, 0) is 67.2 Å². The van der Waals surface area contributed by atoms with E-state index in [1.807, 2.05) is 19.1 Å². The average Bonchev–Trinajstić information content (AvgIpc) is 3.17. The quantitative estimate of drug-likeness (QED) is 0.634. The highest BCUT2D eigenvalue weighted by Gasteiger charge is 2.24. The molecule has 1 aliphatic rings. The van der Waals surface area contributed by atoms with Gasteiger partial charge >= 0.3 is 0 Å². The third kappa shape index (κ3) is 3.43. The maximum absolute atomic E-state index is 13.3. The maximum Gasteiger partial charge on any atom is 0.286 e. The van der Waals surface area contributed by atoms with E-state index in [0.717, 1.165) is 22.7 Å². The Kier molecular flexibility index (Phi) is 4.94. The van der Waals surface area contributed by atoms with E-state index >= 15 is 0 Å². The molecular formula is C21H16ClN3O3S. The highest BCUT2D eigenvalue weighted by atomic mass is 35.5. The second-order valence-corrected chi connectivity index (χ2v) is 7.89. The van der Waals surface area contributed by atoms with Gasteiger partial charge in [0.1, 0.15) is 5.75 Å². The third-order valence-electron chi connectivity index (χ3n) is 4.67. The summed E-state index contributed by atoms with van der Waals surface area (Å²) in [7, 11) is 1.58. The number of amidine groups is 1. The summed E-state index contributed by atoms with van der Waals surface area (Å²) in [5.41, 5.74) is 8.31. The van der Waals surface area contributed by atoms with Crippen LogP contribution in [-0.4, -0.2) is 28.7 Å². The van der Waals surface area contributed by atoms with Gasteiger partial charge in [-0.1, -0.05) is 11.6 Å². The number of hydrogen-bond acceptors (Lipinski definition) is 5. The lowest BCUT2D eigenvalue weighted by molar-refractivity contribution is -0.113. The van der Waals surface area contributed by atoms with E-state index in [1.54, 1.807) is 48.1 Å². The molecule has 8 heteroatoms. The van der Waals surface area contributed by atoms with Gasteiger partial charge in [-0.25, -0.2) is 0 Å². The fourth-order valence-corrected chi connectivity index (χ4v) is 4.06. The topological polar surface area (TPSA) is 86.7 Å². The van der Waals surface area contributed by atoms with Gasteiger partial charge in [0.2, 0.25) is 0 Å². The van der Waals surface area contributed by atoms with Gasteiger partial charge in [-0.15, -0.1) is 0 Å². The number of rotatable bonds is 3. The lowest BCUT2D eigenvalue weighted by Gasteiger charge is -2.08. The lowest BCUT2D eigenvalue weighted by Crippen LogP contribution is -2.13. The van der Waals surface area contributed by atoms with Gasteiger partial charge in [0.05, 0.1) is 17.5 Å². The van der Waals surface area contributed by atoms with E-state index < -0.39 is 0 Å². The van der Waals surface area contributed by atoms with Crippen LogP contribution in [0.1, 0.15) is 21.6 Å². The Bertz CT molecular complexity index is 1230. The molecule has 1 amide bonds. The minimum Gasteiger partial charge on any atom is -0.497 e. The van der Waals surface area contributed by atoms with Crippen molar-refractivity contribution < 1.29 is 14.3 Å². The fourth-order valence-electron chi connectivity index (χ4n) is 3.27. The Balaban J connectivity index is 1.93. The van der Waals surface area contributed by atoms with Crippen LogP contribution in [-0.2, 0) is 4.79 Å². The van der Waals surface area contributed by atoms with Crippen LogP contribution in [0.3, 0.4) is 0 Å². The molecule has 0 fully saturated rings. The van der Waals surface area contributed by atoms with Gasteiger partial charge in [-0.2, -0.15) is 4.99 Å². The Morgan fingerprint density at radius 1 is 1.24 bits per heavy atom. The van der Waals surface area contributed by atoms with Crippen molar-refractivity contribution in [3.8, 4) is 5.75 Å². The number of ether oxygens (including phenoxy) is 1. The van der Waals surface area contributed by atoms with Crippen LogP contribution >= 0.6 is 23.4 Å². The van der Waals surface area contributed by atoms with Crippen molar-refractivity contribution in [1.29, 1.82) is 0 Å². The molecule has 0 saturated carbocycles. The van der Waals surface area contributed by atoms with Gasteiger partial charge in [0.15, 0.2) is 5.17 Å². The summed E-state index contributed by atoms with van der Waals surface area (Å²) >= 11 is 7.06. The summed E-state index contributed by atoms with van der Waals surface area (Å²) in [6, 6.07) is 12.2. The normalized spacial score (nSPS) is 15.2. The second kappa shape index (κ2) is 7.42. The molecule has 1 aliphatic heterocycles. The summed E-state index contributed by atoms with van der Waals surface area (Å²) in [6.45, 7) is 1.83. The van der Waals surface area contributed by atoms with Crippen molar-refractivity contribution in [3.63, 3.8) is 0 Å². The molecule has 29 heavy (non-hydrogen) atoms. The number of nitrogens with two attached hydrogens (primary N) is 1. The van der Waals surface area contributed by atoms with Crippen molar-refractivity contribution in [1.82, 2.24) is 4.57 Å². The van der Waals surface area contributed by atoms with Crippen molar-refractivity contribution in [2.75, 3.05) is 7.11 Å². The number of methoxy groups -OCH3 is 1. The van der Waals surface area contributed by atoms with Crippen LogP contribution in [0.25, 0.3) is 17.0 Å². The molecule has 0 bridgehead atoms. The zero-order chi connectivity index (χ0) is 20.7. The maximum atomic E-state index is 13.3. The molecule has 0 aliphatic carbocycles. The van der Waals surface area contributed by atoms with Crippen molar-refractivity contribution in [2.24, 2.45) is 10.7 Å². The number of benzene rings is 2. The Labute approximate surface area is 176 Å². The first-order chi connectivity index (χ1) is 13.9. The van der Waals surface area contributed by atoms with Crippen LogP contribution < -0.4 is 10.5 Å². The third-order valence-corrected chi connectivity index (χ3v) is 5.73. The summed E-state index contributed by atoms with van der Waals surface area (Å²) < 4.78 is 6.97. The second-order valence-electron chi connectivity index (χ2n) is 6.40. The molecule has 1 aromatic heterocycles. The van der Waals surface area contributed by atoms with Gasteiger partial charge < -0.3 is 10.5 Å². The highest BCUT2D eigenvalue weighted by molar-refractivity contribution is 8.18. The number of carbonyl (C=O) groups excluding carboxylic acids is 2. The average molecular weight is 426 g/mol. The standard InChI is InChI=1S/C21H16ClN3O3S/c1-11-15(10-18-19(26)24-21(23)29-18)16-9-14(28-2)7-8-17(16)25(11)20(27)12-3-5-13(22)6-4-12/h3-10H,1-2H3,(H2,23,24,26)/b18-10-. The zero-order valence-corrected chi connectivity index (χ0v) is 17.2. The number of halogens is 1. The molecule has 2 heterocycles. The Morgan fingerprint density at radius 2 is 1.97 bits per heavy atom. The summed E-state index contributed by atoms with van der Waals surface area (Å²) in [5.74, 6) is 0.0641. The van der Waals surface area contributed by atoms with E-state index in [0.29, 0.717) is 32.5 Å². The lowest BCUT2D eigenvalue weighted by atomic mass is 10.1. The molecule has 146 valence electrons. The molecule has 0 radical (unpaired) electrons. The minimum absolute atomic E-state index is 0.194. The molecule has 4 rings (SSSR count). The first-order valence-corrected chi connectivity index (χ1v) is 9.86. The smallest absolute Gasteiger partial charge is 0.286 e. The molecule has 3 aromatic rings. The Morgan fingerprint density at radius 3 is 2.59 bits per heavy atom. The van der Waals surface area contributed by atoms with E-state index in [-0.39, 0.29) is 17.0 Å². The SMILES string of the molecule is COc1ccc2c(c1)c(/C=C1\SC(N)=NC1=O)c(C)n2C(=O)c1ccc(Cl)cc1. The number of thioether (sulfide) groups is 1. The number of nitrogens with zero attached hydrogens (tertiary/aromatic N) is 2. The number of carbonyl (C=O) groups is 2. The van der Waals surface area contributed by atoms with E-state index in [4.69, 9.17) is 22.1 Å². The van der Waals surface area contributed by atoms with Crippen LogP contribution in [0.5, 0.6) is 5.75 Å². The predicted octanol–water partition coefficient (Wildman–Crippen LogP) is 4.23. The molecule has 6 nitrogen and oxygen atoms in total. The van der Waals surface area contributed by atoms with Crippen LogP contribution in [0, 0.1) is 6.92 Å². The Hall–Kier alpha value is -3.03. The molecule has 0 atom stereocenters.